The summed E-state index contributed by atoms with van der Waals surface area (Å²) in [4.78, 5) is 0. The minimum atomic E-state index is -0.275. The summed E-state index contributed by atoms with van der Waals surface area (Å²) in [5.41, 5.74) is 1.07. The summed E-state index contributed by atoms with van der Waals surface area (Å²) in [6, 6.07) is 5.22. The molecule has 1 aromatic carbocycles. The summed E-state index contributed by atoms with van der Waals surface area (Å²) in [6.45, 7) is 8.85. The van der Waals surface area contributed by atoms with Gasteiger partial charge in [-0.3, -0.25) is 4.72 Å². The van der Waals surface area contributed by atoms with Crippen molar-refractivity contribution in [3.8, 4) is 5.75 Å². The van der Waals surface area contributed by atoms with Gasteiger partial charge >= 0.3 is 0 Å². The Morgan fingerprint density at radius 3 is 2.48 bits per heavy atom. The van der Waals surface area contributed by atoms with Gasteiger partial charge in [0.2, 0.25) is 0 Å². The molecule has 144 valence electrons. The van der Waals surface area contributed by atoms with Gasteiger partial charge in [0.15, 0.2) is 11.6 Å². The normalized spacial score (nSPS) is 16.9. The molecule has 5 heteroatoms. The molecule has 2 saturated carbocycles. The highest BCUT2D eigenvalue weighted by Crippen LogP contribution is 2.48. The molecule has 3 rings (SSSR count). The zero-order chi connectivity index (χ0) is 18.7. The van der Waals surface area contributed by atoms with Crippen molar-refractivity contribution in [3.63, 3.8) is 0 Å². The van der Waals surface area contributed by atoms with Gasteiger partial charge < -0.3 is 9.84 Å². The predicted octanol–water partition coefficient (Wildman–Crippen LogP) is 5.28. The highest BCUT2D eigenvalue weighted by Gasteiger charge is 2.44. The van der Waals surface area contributed by atoms with E-state index >= 15 is 0 Å². The van der Waals surface area contributed by atoms with Gasteiger partial charge in [0.05, 0.1) is 12.1 Å². The van der Waals surface area contributed by atoms with Crippen LogP contribution in [0.15, 0.2) is 18.2 Å². The van der Waals surface area contributed by atoms with E-state index in [0.717, 1.165) is 30.6 Å². The third-order valence-electron chi connectivity index (χ3n) is 4.08. The van der Waals surface area contributed by atoms with E-state index in [2.05, 4.69) is 4.72 Å². The molecule has 2 N–H and O–H groups in total. The predicted molar refractivity (Wildman–Crippen MR) is 106 cm³/mol. The lowest BCUT2D eigenvalue weighted by Crippen LogP contribution is -2.23. The van der Waals surface area contributed by atoms with Crippen molar-refractivity contribution < 1.29 is 14.2 Å². The summed E-state index contributed by atoms with van der Waals surface area (Å²) >= 11 is 1.64. The first-order chi connectivity index (χ1) is 12.2. The Bertz CT molecular complexity index is 491. The Hall–Kier alpha value is -0.780. The topological polar surface area (TPSA) is 41.5 Å². The molecule has 0 spiro atoms. The molecule has 3 nitrogen and oxygen atoms in total. The monoisotopic (exact) mass is 371 g/mol. The van der Waals surface area contributed by atoms with Gasteiger partial charge in [0, 0.05) is 12.4 Å². The number of aliphatic hydroxyl groups is 1. The van der Waals surface area contributed by atoms with Gasteiger partial charge in [-0.2, -0.15) is 0 Å². The maximum atomic E-state index is 13.8. The standard InChI is InChI=1S/C16H22FNO2S.2C2H6/c17-14-5-4-13(10-15(14)20-11-12-2-3-12)16(6-7-16)18-21-9-1-8-19;2*1-2/h4-5,10,12,18-19H,1-3,6-9,11H2;2*1-2H3. The lowest BCUT2D eigenvalue weighted by Gasteiger charge is -2.18. The number of aliphatic hydroxyl groups excluding tert-OH is 1. The van der Waals surface area contributed by atoms with Crippen molar-refractivity contribution in [2.75, 3.05) is 19.0 Å². The van der Waals surface area contributed by atoms with Gasteiger partial charge in [-0.1, -0.05) is 45.7 Å². The quantitative estimate of drug-likeness (QED) is 0.458. The fourth-order valence-electron chi connectivity index (χ4n) is 2.30. The first-order valence-electron chi connectivity index (χ1n) is 9.66. The summed E-state index contributed by atoms with van der Waals surface area (Å²) in [7, 11) is 0. The number of halogens is 1. The number of nitrogens with one attached hydrogen (secondary N) is 1. The van der Waals surface area contributed by atoms with Crippen molar-refractivity contribution in [3.05, 3.63) is 29.6 Å². The summed E-state index contributed by atoms with van der Waals surface area (Å²) in [5.74, 6) is 1.61. The number of ether oxygens (including phenoxy) is 1. The van der Waals surface area contributed by atoms with Crippen LogP contribution in [-0.2, 0) is 5.54 Å². The Kier molecular flexibility index (Phi) is 10.5. The largest absolute Gasteiger partial charge is 0.490 e. The fraction of sp³-hybridized carbons (Fsp3) is 0.700. The van der Waals surface area contributed by atoms with Crippen molar-refractivity contribution in [2.45, 2.75) is 65.3 Å². The molecule has 0 heterocycles. The van der Waals surface area contributed by atoms with Crippen molar-refractivity contribution in [1.82, 2.24) is 4.72 Å². The minimum absolute atomic E-state index is 0.0362. The Balaban J connectivity index is 0.000000730. The summed E-state index contributed by atoms with van der Waals surface area (Å²) in [6.07, 6.45) is 5.31. The Labute approximate surface area is 156 Å². The molecule has 0 saturated heterocycles. The first-order valence-corrected chi connectivity index (χ1v) is 10.6. The van der Waals surface area contributed by atoms with Gasteiger partial charge in [-0.15, -0.1) is 0 Å². The second-order valence-electron chi connectivity index (χ2n) is 6.01. The van der Waals surface area contributed by atoms with E-state index in [0.29, 0.717) is 18.3 Å². The van der Waals surface area contributed by atoms with Crippen molar-refractivity contribution in [2.24, 2.45) is 5.92 Å². The van der Waals surface area contributed by atoms with E-state index < -0.39 is 0 Å². The van der Waals surface area contributed by atoms with Gasteiger partial charge in [0.1, 0.15) is 0 Å². The number of rotatable bonds is 9. The summed E-state index contributed by atoms with van der Waals surface area (Å²) < 4.78 is 22.9. The molecule has 2 aliphatic carbocycles. The lowest BCUT2D eigenvalue weighted by atomic mass is 10.1. The first kappa shape index (κ1) is 22.3. The SMILES string of the molecule is CC.CC.OCCCSNC1(c2ccc(F)c(OCC3CC3)c2)CC1. The molecule has 0 bridgehead atoms. The molecule has 0 aromatic heterocycles. The number of hydrogen-bond acceptors (Lipinski definition) is 4. The van der Waals surface area contributed by atoms with E-state index in [1.165, 1.54) is 18.9 Å². The van der Waals surface area contributed by atoms with Crippen LogP contribution >= 0.6 is 11.9 Å². The Morgan fingerprint density at radius 2 is 1.92 bits per heavy atom. The summed E-state index contributed by atoms with van der Waals surface area (Å²) in [5, 5.41) is 8.80. The number of hydrogen-bond donors (Lipinski definition) is 2. The van der Waals surface area contributed by atoms with Crippen LogP contribution in [0.4, 0.5) is 4.39 Å². The average Bonchev–Trinajstić information content (AvgIpc) is 3.57. The van der Waals surface area contributed by atoms with Crippen molar-refractivity contribution in [1.29, 1.82) is 0 Å². The van der Waals surface area contributed by atoms with E-state index in [1.54, 1.807) is 11.9 Å². The van der Waals surface area contributed by atoms with Gasteiger partial charge in [-0.25, -0.2) is 4.39 Å². The third kappa shape index (κ3) is 7.16. The molecule has 1 aromatic rings. The average molecular weight is 372 g/mol. The fourth-order valence-corrected chi connectivity index (χ4v) is 3.28. The van der Waals surface area contributed by atoms with E-state index in [4.69, 9.17) is 9.84 Å². The van der Waals surface area contributed by atoms with Crippen molar-refractivity contribution >= 4 is 11.9 Å². The molecule has 0 aliphatic heterocycles. The maximum Gasteiger partial charge on any atom is 0.165 e. The highest BCUT2D eigenvalue weighted by atomic mass is 32.2. The molecule has 2 fully saturated rings. The minimum Gasteiger partial charge on any atom is -0.490 e. The van der Waals surface area contributed by atoms with Crippen LogP contribution in [0.5, 0.6) is 5.75 Å². The zero-order valence-corrected chi connectivity index (χ0v) is 16.9. The third-order valence-corrected chi connectivity index (χ3v) is 5.11. The molecule has 25 heavy (non-hydrogen) atoms. The van der Waals surface area contributed by atoms with Crippen LogP contribution in [0.25, 0.3) is 0 Å². The molecule has 0 atom stereocenters. The molecular formula is C20H34FNO2S. The van der Waals surface area contributed by atoms with Crippen LogP contribution in [-0.4, -0.2) is 24.1 Å². The number of benzene rings is 1. The molecular weight excluding hydrogens is 337 g/mol. The van der Waals surface area contributed by atoms with E-state index in [9.17, 15) is 4.39 Å². The van der Waals surface area contributed by atoms with Crippen LogP contribution in [0.2, 0.25) is 0 Å². The van der Waals surface area contributed by atoms with Crippen LogP contribution in [0, 0.1) is 11.7 Å². The van der Waals surface area contributed by atoms with E-state index in [1.807, 2.05) is 39.8 Å². The molecule has 0 amide bonds. The molecule has 0 unspecified atom stereocenters. The van der Waals surface area contributed by atoms with Crippen LogP contribution < -0.4 is 9.46 Å². The smallest absolute Gasteiger partial charge is 0.165 e. The Morgan fingerprint density at radius 1 is 1.24 bits per heavy atom. The molecule has 2 aliphatic rings. The van der Waals surface area contributed by atoms with Gasteiger partial charge in [0.25, 0.3) is 0 Å². The van der Waals surface area contributed by atoms with Crippen LogP contribution in [0.3, 0.4) is 0 Å². The maximum absolute atomic E-state index is 13.8. The lowest BCUT2D eigenvalue weighted by molar-refractivity contribution is 0.284. The molecule has 0 radical (unpaired) electrons. The van der Waals surface area contributed by atoms with Crippen LogP contribution in [0.1, 0.15) is 65.4 Å². The second-order valence-corrected chi connectivity index (χ2v) is 6.91. The van der Waals surface area contributed by atoms with E-state index in [-0.39, 0.29) is 18.0 Å². The van der Waals surface area contributed by atoms with Gasteiger partial charge in [-0.05, 0) is 55.7 Å². The second kappa shape index (κ2) is 11.8. The zero-order valence-electron chi connectivity index (χ0n) is 16.1. The highest BCUT2D eigenvalue weighted by molar-refractivity contribution is 7.97.